The third kappa shape index (κ3) is 3.62. The maximum Gasteiger partial charge on any atom is 0.408 e. The van der Waals surface area contributed by atoms with E-state index in [1.54, 1.807) is 11.8 Å². The lowest BCUT2D eigenvalue weighted by Gasteiger charge is -2.23. The minimum absolute atomic E-state index is 0.320. The molecule has 1 amide bonds. The molecule has 1 aromatic rings. The molecule has 5 heteroatoms. The minimum Gasteiger partial charge on any atom is -0.444 e. The van der Waals surface area contributed by atoms with Gasteiger partial charge in [0.2, 0.25) is 0 Å². The van der Waals surface area contributed by atoms with Crippen LogP contribution in [0.15, 0.2) is 23.2 Å². The van der Waals surface area contributed by atoms with Gasteiger partial charge in [-0.2, -0.15) is 0 Å². The van der Waals surface area contributed by atoms with Crippen LogP contribution in [0.4, 0.5) is 4.79 Å². The van der Waals surface area contributed by atoms with E-state index in [0.717, 1.165) is 23.4 Å². The summed E-state index contributed by atoms with van der Waals surface area (Å²) in [5.41, 5.74) is 0.117. The van der Waals surface area contributed by atoms with Crippen LogP contribution in [0, 0.1) is 0 Å². The van der Waals surface area contributed by atoms with Crippen molar-refractivity contribution < 1.29 is 9.53 Å². The van der Waals surface area contributed by atoms with Gasteiger partial charge in [0.1, 0.15) is 5.60 Å². The van der Waals surface area contributed by atoms with Crippen LogP contribution in [-0.4, -0.2) is 22.9 Å². The summed E-state index contributed by atoms with van der Waals surface area (Å²) in [6.45, 7) is 5.58. The zero-order valence-electron chi connectivity index (χ0n) is 11.8. The molecule has 0 bridgehead atoms. The van der Waals surface area contributed by atoms with Crippen molar-refractivity contribution in [3.8, 4) is 0 Å². The van der Waals surface area contributed by atoms with E-state index in [1.165, 1.54) is 0 Å². The Morgan fingerprint density at radius 1 is 1.42 bits per heavy atom. The molecule has 0 atom stereocenters. The molecule has 1 aliphatic carbocycles. The van der Waals surface area contributed by atoms with Crippen LogP contribution in [0.25, 0.3) is 0 Å². The summed E-state index contributed by atoms with van der Waals surface area (Å²) < 4.78 is 5.30. The Bertz CT molecular complexity index is 461. The molecule has 1 saturated carbocycles. The summed E-state index contributed by atoms with van der Waals surface area (Å²) in [5, 5.41) is 2.95. The quantitative estimate of drug-likeness (QED) is 0.863. The van der Waals surface area contributed by atoms with Crippen LogP contribution >= 0.6 is 11.8 Å². The highest BCUT2D eigenvalue weighted by atomic mass is 32.2. The van der Waals surface area contributed by atoms with Gasteiger partial charge in [0.05, 0.1) is 11.2 Å². The number of nitrogens with zero attached hydrogens (tertiary/aromatic N) is 1. The average molecular weight is 280 g/mol. The van der Waals surface area contributed by atoms with E-state index < -0.39 is 5.60 Å². The lowest BCUT2D eigenvalue weighted by molar-refractivity contribution is 0.0494. The molecule has 1 aliphatic rings. The predicted octanol–water partition coefficient (Wildman–Crippen LogP) is 3.32. The SMILES string of the molecule is CSc1ccc(C2(NC(=O)OC(C)(C)C)CC2)nc1. The van der Waals surface area contributed by atoms with Crippen LogP contribution in [0.2, 0.25) is 0 Å². The smallest absolute Gasteiger partial charge is 0.408 e. The monoisotopic (exact) mass is 280 g/mol. The van der Waals surface area contributed by atoms with Gasteiger partial charge in [0.15, 0.2) is 0 Å². The Labute approximate surface area is 118 Å². The number of ether oxygens (including phenoxy) is 1. The summed E-state index contributed by atoms with van der Waals surface area (Å²) >= 11 is 1.66. The number of carbonyl (C=O) groups excluding carboxylic acids is 1. The summed E-state index contributed by atoms with van der Waals surface area (Å²) in [6.07, 6.45) is 5.32. The summed E-state index contributed by atoms with van der Waals surface area (Å²) in [4.78, 5) is 17.4. The fraction of sp³-hybridized carbons (Fsp3) is 0.571. The third-order valence-electron chi connectivity index (χ3n) is 2.95. The number of rotatable bonds is 3. The van der Waals surface area contributed by atoms with E-state index in [0.29, 0.717) is 0 Å². The molecule has 0 radical (unpaired) electrons. The van der Waals surface area contributed by atoms with Crippen LogP contribution < -0.4 is 5.32 Å². The number of hydrogen-bond donors (Lipinski definition) is 1. The molecule has 0 unspecified atom stereocenters. The first-order valence-electron chi connectivity index (χ1n) is 6.36. The normalized spacial score (nSPS) is 16.8. The molecule has 0 spiro atoms. The second kappa shape index (κ2) is 5.04. The van der Waals surface area contributed by atoms with E-state index in [9.17, 15) is 4.79 Å². The van der Waals surface area contributed by atoms with Gasteiger partial charge < -0.3 is 10.1 Å². The zero-order valence-corrected chi connectivity index (χ0v) is 12.6. The number of alkyl carbamates (subject to hydrolysis) is 1. The number of thioether (sulfide) groups is 1. The Morgan fingerprint density at radius 2 is 2.11 bits per heavy atom. The lowest BCUT2D eigenvalue weighted by atomic mass is 10.1. The molecule has 0 aromatic carbocycles. The van der Waals surface area contributed by atoms with Crippen molar-refractivity contribution in [2.45, 2.75) is 49.6 Å². The highest BCUT2D eigenvalue weighted by Gasteiger charge is 2.47. The van der Waals surface area contributed by atoms with Crippen LogP contribution in [-0.2, 0) is 10.3 Å². The maximum atomic E-state index is 11.8. The summed E-state index contributed by atoms with van der Waals surface area (Å²) in [6, 6.07) is 4.01. The molecular weight excluding hydrogens is 260 g/mol. The van der Waals surface area contributed by atoms with Crippen molar-refractivity contribution in [3.05, 3.63) is 24.0 Å². The van der Waals surface area contributed by atoms with Crippen LogP contribution in [0.3, 0.4) is 0 Å². The van der Waals surface area contributed by atoms with Crippen molar-refractivity contribution in [2.24, 2.45) is 0 Å². The molecule has 1 N–H and O–H groups in total. The molecule has 0 aliphatic heterocycles. The fourth-order valence-electron chi connectivity index (χ4n) is 1.85. The Kier molecular flexibility index (Phi) is 3.76. The number of amides is 1. The van der Waals surface area contributed by atoms with Crippen molar-refractivity contribution in [1.29, 1.82) is 0 Å². The van der Waals surface area contributed by atoms with Gasteiger partial charge in [-0.3, -0.25) is 4.98 Å². The first kappa shape index (κ1) is 14.2. The Hall–Kier alpha value is -1.23. The number of carbonyl (C=O) groups is 1. The average Bonchev–Trinajstić information content (AvgIpc) is 3.07. The number of pyridine rings is 1. The van der Waals surface area contributed by atoms with E-state index in [-0.39, 0.29) is 11.6 Å². The van der Waals surface area contributed by atoms with Gasteiger partial charge in [-0.1, -0.05) is 0 Å². The van der Waals surface area contributed by atoms with Crippen molar-refractivity contribution in [2.75, 3.05) is 6.26 Å². The molecule has 19 heavy (non-hydrogen) atoms. The standard InChI is InChI=1S/C14H20N2O2S/c1-13(2,3)18-12(17)16-14(7-8-14)11-6-5-10(19-4)9-15-11/h5-6,9H,7-8H2,1-4H3,(H,16,17). The highest BCUT2D eigenvalue weighted by Crippen LogP contribution is 2.44. The van der Waals surface area contributed by atoms with Crippen molar-refractivity contribution >= 4 is 17.9 Å². The fourth-order valence-corrected chi connectivity index (χ4v) is 2.22. The lowest BCUT2D eigenvalue weighted by Crippen LogP contribution is -2.39. The topological polar surface area (TPSA) is 51.2 Å². The maximum absolute atomic E-state index is 11.8. The molecule has 2 rings (SSSR count). The Balaban J connectivity index is 2.04. The van der Waals surface area contributed by atoms with Gasteiger partial charge in [0.25, 0.3) is 0 Å². The molecule has 104 valence electrons. The van der Waals surface area contributed by atoms with Gasteiger partial charge >= 0.3 is 6.09 Å². The van der Waals surface area contributed by atoms with Gasteiger partial charge in [-0.05, 0) is 52.0 Å². The second-order valence-electron chi connectivity index (χ2n) is 5.79. The van der Waals surface area contributed by atoms with E-state index in [1.807, 2.05) is 45.4 Å². The molecule has 1 heterocycles. The molecule has 1 fully saturated rings. The van der Waals surface area contributed by atoms with Gasteiger partial charge in [-0.25, -0.2) is 4.79 Å². The predicted molar refractivity (Wildman–Crippen MR) is 76.3 cm³/mol. The minimum atomic E-state index is -0.476. The number of nitrogens with one attached hydrogen (secondary N) is 1. The van der Waals surface area contributed by atoms with Crippen molar-refractivity contribution in [3.63, 3.8) is 0 Å². The van der Waals surface area contributed by atoms with Crippen LogP contribution in [0.1, 0.15) is 39.3 Å². The van der Waals surface area contributed by atoms with Crippen LogP contribution in [0.5, 0.6) is 0 Å². The van der Waals surface area contributed by atoms with Gasteiger partial charge in [-0.15, -0.1) is 11.8 Å². The van der Waals surface area contributed by atoms with Crippen molar-refractivity contribution in [1.82, 2.24) is 10.3 Å². The van der Waals surface area contributed by atoms with Gasteiger partial charge in [0, 0.05) is 11.1 Å². The highest BCUT2D eigenvalue weighted by molar-refractivity contribution is 7.98. The number of hydrogen-bond acceptors (Lipinski definition) is 4. The first-order chi connectivity index (χ1) is 8.85. The summed E-state index contributed by atoms with van der Waals surface area (Å²) in [5.74, 6) is 0. The molecule has 4 nitrogen and oxygen atoms in total. The summed E-state index contributed by atoms with van der Waals surface area (Å²) in [7, 11) is 0. The molecule has 1 aromatic heterocycles. The Morgan fingerprint density at radius 3 is 2.53 bits per heavy atom. The number of aromatic nitrogens is 1. The first-order valence-corrected chi connectivity index (χ1v) is 7.59. The van der Waals surface area contributed by atoms with E-state index >= 15 is 0 Å². The third-order valence-corrected chi connectivity index (χ3v) is 3.67. The van der Waals surface area contributed by atoms with E-state index in [2.05, 4.69) is 10.3 Å². The molecular formula is C14H20N2O2S. The largest absolute Gasteiger partial charge is 0.444 e. The van der Waals surface area contributed by atoms with E-state index in [4.69, 9.17) is 4.74 Å². The second-order valence-corrected chi connectivity index (χ2v) is 6.67. The zero-order chi connectivity index (χ0) is 14.1. The molecule has 0 saturated heterocycles.